The third-order valence-corrected chi connectivity index (χ3v) is 5.35. The van der Waals surface area contributed by atoms with E-state index in [0.717, 1.165) is 48.9 Å². The number of hydrogen-bond acceptors (Lipinski definition) is 7. The molecule has 0 radical (unpaired) electrons. The van der Waals surface area contributed by atoms with E-state index in [1.807, 2.05) is 66.7 Å². The Morgan fingerprint density at radius 2 is 1.68 bits per heavy atom. The number of para-hydroxylation sites is 1. The first-order chi connectivity index (χ1) is 15.2. The molecule has 1 aliphatic heterocycles. The predicted molar refractivity (Wildman–Crippen MR) is 115 cm³/mol. The minimum atomic E-state index is -0.0340. The van der Waals surface area contributed by atoms with Crippen LogP contribution in [0.3, 0.4) is 0 Å². The van der Waals surface area contributed by atoms with Crippen molar-refractivity contribution in [3.63, 3.8) is 0 Å². The molecular formula is C22H21N7O2. The van der Waals surface area contributed by atoms with E-state index in [1.54, 1.807) is 0 Å². The van der Waals surface area contributed by atoms with Crippen LogP contribution in [-0.4, -0.2) is 44.3 Å². The van der Waals surface area contributed by atoms with Crippen LogP contribution in [-0.2, 0) is 4.79 Å². The molecule has 2 aromatic heterocycles. The van der Waals surface area contributed by atoms with Gasteiger partial charge in [0.25, 0.3) is 0 Å². The molecule has 0 spiro atoms. The number of amides is 1. The summed E-state index contributed by atoms with van der Waals surface area (Å²) in [4.78, 5) is 14.9. The van der Waals surface area contributed by atoms with E-state index in [9.17, 15) is 4.79 Å². The van der Waals surface area contributed by atoms with Gasteiger partial charge in [0.15, 0.2) is 11.5 Å². The van der Waals surface area contributed by atoms with Gasteiger partial charge in [-0.3, -0.25) is 4.79 Å². The van der Waals surface area contributed by atoms with Crippen molar-refractivity contribution in [2.45, 2.75) is 12.8 Å². The van der Waals surface area contributed by atoms with Gasteiger partial charge in [-0.1, -0.05) is 18.2 Å². The number of rotatable bonds is 5. The standard InChI is InChI=1S/C22H21N7O2/c30-22(23-17-6-8-19(9-7-17)31-18-4-2-1-3-5-18)16-12-14-28(15-13-16)21-11-10-20-24-26-27-29(20)25-21/h1-11,16H,12-15H2,(H,23,30). The summed E-state index contributed by atoms with van der Waals surface area (Å²) in [6.45, 7) is 1.51. The van der Waals surface area contributed by atoms with E-state index in [1.165, 1.54) is 4.63 Å². The molecule has 31 heavy (non-hydrogen) atoms. The van der Waals surface area contributed by atoms with Crippen molar-refractivity contribution in [3.05, 3.63) is 66.7 Å². The first-order valence-electron chi connectivity index (χ1n) is 10.2. The highest BCUT2D eigenvalue weighted by Gasteiger charge is 2.26. The van der Waals surface area contributed by atoms with E-state index in [0.29, 0.717) is 5.65 Å². The number of nitrogens with one attached hydrogen (secondary N) is 1. The molecule has 156 valence electrons. The van der Waals surface area contributed by atoms with Crippen molar-refractivity contribution in [2.24, 2.45) is 5.92 Å². The molecule has 0 aliphatic carbocycles. The molecule has 1 N–H and O–H groups in total. The minimum Gasteiger partial charge on any atom is -0.457 e. The normalized spacial score (nSPS) is 14.5. The Morgan fingerprint density at radius 3 is 2.45 bits per heavy atom. The molecule has 0 unspecified atom stereocenters. The smallest absolute Gasteiger partial charge is 0.227 e. The molecule has 1 fully saturated rings. The van der Waals surface area contributed by atoms with Crippen molar-refractivity contribution in [3.8, 4) is 11.5 Å². The Hall–Kier alpha value is -4.01. The molecule has 9 heteroatoms. The van der Waals surface area contributed by atoms with Gasteiger partial charge in [0.1, 0.15) is 11.5 Å². The topological polar surface area (TPSA) is 97.5 Å². The number of tetrazole rings is 1. The first kappa shape index (κ1) is 19.0. The van der Waals surface area contributed by atoms with E-state index in [4.69, 9.17) is 4.74 Å². The number of carbonyl (C=O) groups is 1. The third kappa shape index (κ3) is 4.30. The summed E-state index contributed by atoms with van der Waals surface area (Å²) in [6, 6.07) is 20.8. The van der Waals surface area contributed by atoms with Gasteiger partial charge in [-0.2, -0.15) is 0 Å². The number of aromatic nitrogens is 5. The fourth-order valence-corrected chi connectivity index (χ4v) is 3.65. The van der Waals surface area contributed by atoms with Crippen LogP contribution in [0.5, 0.6) is 11.5 Å². The van der Waals surface area contributed by atoms with Crippen LogP contribution in [0, 0.1) is 5.92 Å². The summed E-state index contributed by atoms with van der Waals surface area (Å²) >= 11 is 0. The largest absolute Gasteiger partial charge is 0.457 e. The average Bonchev–Trinajstić information content (AvgIpc) is 3.29. The molecule has 4 aromatic rings. The zero-order valence-electron chi connectivity index (χ0n) is 16.8. The maximum absolute atomic E-state index is 12.7. The Morgan fingerprint density at radius 1 is 0.935 bits per heavy atom. The molecule has 0 bridgehead atoms. The lowest BCUT2D eigenvalue weighted by Crippen LogP contribution is -2.38. The molecule has 5 rings (SSSR count). The van der Waals surface area contributed by atoms with Gasteiger partial charge in [0, 0.05) is 24.7 Å². The number of carbonyl (C=O) groups excluding carboxylic acids is 1. The van der Waals surface area contributed by atoms with Crippen molar-refractivity contribution in [1.29, 1.82) is 0 Å². The number of fused-ring (bicyclic) bond motifs is 1. The Kier molecular flexibility index (Phi) is 5.14. The number of anilines is 2. The average molecular weight is 415 g/mol. The fourth-order valence-electron chi connectivity index (χ4n) is 3.65. The van der Waals surface area contributed by atoms with Crippen molar-refractivity contribution in [2.75, 3.05) is 23.3 Å². The maximum Gasteiger partial charge on any atom is 0.227 e. The predicted octanol–water partition coefficient (Wildman–Crippen LogP) is 3.17. The summed E-state index contributed by atoms with van der Waals surface area (Å²) in [5.74, 6) is 2.32. The van der Waals surface area contributed by atoms with Crippen LogP contribution in [0.15, 0.2) is 66.7 Å². The second-order valence-corrected chi connectivity index (χ2v) is 7.41. The molecule has 9 nitrogen and oxygen atoms in total. The lowest BCUT2D eigenvalue weighted by atomic mass is 9.96. The van der Waals surface area contributed by atoms with Crippen LogP contribution < -0.4 is 15.0 Å². The second kappa shape index (κ2) is 8.39. The highest BCUT2D eigenvalue weighted by Crippen LogP contribution is 2.25. The lowest BCUT2D eigenvalue weighted by molar-refractivity contribution is -0.120. The van der Waals surface area contributed by atoms with E-state index in [-0.39, 0.29) is 11.8 Å². The Balaban J connectivity index is 1.15. The zero-order valence-corrected chi connectivity index (χ0v) is 16.8. The molecule has 1 saturated heterocycles. The van der Waals surface area contributed by atoms with Gasteiger partial charge < -0.3 is 15.0 Å². The third-order valence-electron chi connectivity index (χ3n) is 5.35. The SMILES string of the molecule is O=C(Nc1ccc(Oc2ccccc2)cc1)C1CCN(c2ccc3nnnn3n2)CC1. The Labute approximate surface area is 178 Å². The van der Waals surface area contributed by atoms with E-state index in [2.05, 4.69) is 30.8 Å². The number of ether oxygens (including phenoxy) is 1. The molecule has 1 aliphatic rings. The quantitative estimate of drug-likeness (QED) is 0.535. The van der Waals surface area contributed by atoms with Crippen LogP contribution in [0.25, 0.3) is 5.65 Å². The van der Waals surface area contributed by atoms with Crippen LogP contribution in [0.1, 0.15) is 12.8 Å². The van der Waals surface area contributed by atoms with Crippen molar-refractivity contribution < 1.29 is 9.53 Å². The lowest BCUT2D eigenvalue weighted by Gasteiger charge is -2.31. The van der Waals surface area contributed by atoms with Crippen LogP contribution >= 0.6 is 0 Å². The van der Waals surface area contributed by atoms with Crippen LogP contribution in [0.2, 0.25) is 0 Å². The van der Waals surface area contributed by atoms with Gasteiger partial charge in [-0.05, 0) is 71.8 Å². The van der Waals surface area contributed by atoms with Gasteiger partial charge in [-0.15, -0.1) is 14.8 Å². The molecule has 2 aromatic carbocycles. The van der Waals surface area contributed by atoms with E-state index < -0.39 is 0 Å². The highest BCUT2D eigenvalue weighted by molar-refractivity contribution is 5.92. The maximum atomic E-state index is 12.7. The summed E-state index contributed by atoms with van der Waals surface area (Å²) < 4.78 is 7.21. The molecule has 3 heterocycles. The number of nitrogens with zero attached hydrogens (tertiary/aromatic N) is 6. The van der Waals surface area contributed by atoms with Crippen LogP contribution in [0.4, 0.5) is 11.5 Å². The molecule has 0 atom stereocenters. The van der Waals surface area contributed by atoms with Gasteiger partial charge >= 0.3 is 0 Å². The van der Waals surface area contributed by atoms with Crippen molar-refractivity contribution >= 4 is 23.1 Å². The first-order valence-corrected chi connectivity index (χ1v) is 10.2. The van der Waals surface area contributed by atoms with E-state index >= 15 is 0 Å². The summed E-state index contributed by atoms with van der Waals surface area (Å²) in [5, 5.41) is 18.8. The number of benzene rings is 2. The summed E-state index contributed by atoms with van der Waals surface area (Å²) in [6.07, 6.45) is 1.52. The number of hydrogen-bond donors (Lipinski definition) is 1. The van der Waals surface area contributed by atoms with Gasteiger partial charge in [0.2, 0.25) is 5.91 Å². The Bertz CT molecular complexity index is 1170. The minimum absolute atomic E-state index is 0.0340. The summed E-state index contributed by atoms with van der Waals surface area (Å²) in [5.41, 5.74) is 1.37. The summed E-state index contributed by atoms with van der Waals surface area (Å²) in [7, 11) is 0. The highest BCUT2D eigenvalue weighted by atomic mass is 16.5. The monoisotopic (exact) mass is 415 g/mol. The molecule has 1 amide bonds. The number of piperidine rings is 1. The van der Waals surface area contributed by atoms with Gasteiger partial charge in [-0.25, -0.2) is 0 Å². The zero-order chi connectivity index (χ0) is 21.0. The second-order valence-electron chi connectivity index (χ2n) is 7.41. The molecule has 0 saturated carbocycles. The molecular weight excluding hydrogens is 394 g/mol. The fraction of sp³-hybridized carbons (Fsp3) is 0.227. The van der Waals surface area contributed by atoms with Crippen molar-refractivity contribution in [1.82, 2.24) is 25.3 Å². The van der Waals surface area contributed by atoms with Gasteiger partial charge in [0.05, 0.1) is 0 Å².